The lowest BCUT2D eigenvalue weighted by molar-refractivity contribution is -0.117. The minimum absolute atomic E-state index is 0.0660. The van der Waals surface area contributed by atoms with Crippen LogP contribution in [-0.2, 0) is 4.79 Å². The third-order valence-corrected chi connectivity index (χ3v) is 4.56. The van der Waals surface area contributed by atoms with E-state index >= 15 is 0 Å². The summed E-state index contributed by atoms with van der Waals surface area (Å²) in [5.41, 5.74) is 2.54. The molecule has 0 aliphatic rings. The van der Waals surface area contributed by atoms with Crippen LogP contribution < -0.4 is 5.32 Å². The van der Waals surface area contributed by atoms with Gasteiger partial charge in [0.2, 0.25) is 5.91 Å². The summed E-state index contributed by atoms with van der Waals surface area (Å²) in [6, 6.07) is 15.9. The molecular formula is C19H17FN2OS. The van der Waals surface area contributed by atoms with Crippen LogP contribution in [0.5, 0.6) is 0 Å². The fraction of sp³-hybridized carbons (Fsp3) is 0.158. The average Bonchev–Trinajstić information content (AvgIpc) is 3.05. The van der Waals surface area contributed by atoms with E-state index in [0.717, 1.165) is 16.8 Å². The van der Waals surface area contributed by atoms with Gasteiger partial charge in [-0.25, -0.2) is 9.37 Å². The second-order valence-electron chi connectivity index (χ2n) is 5.41. The Morgan fingerprint density at radius 1 is 1.17 bits per heavy atom. The smallest absolute Gasteiger partial charge is 0.233 e. The minimum Gasteiger partial charge on any atom is -0.301 e. The van der Waals surface area contributed by atoms with E-state index in [1.54, 1.807) is 12.1 Å². The lowest BCUT2D eigenvalue weighted by atomic mass is 9.96. The Morgan fingerprint density at radius 2 is 1.88 bits per heavy atom. The van der Waals surface area contributed by atoms with Crippen molar-refractivity contribution in [3.8, 4) is 11.3 Å². The van der Waals surface area contributed by atoms with Crippen molar-refractivity contribution in [1.29, 1.82) is 0 Å². The number of anilines is 1. The number of hydrogen-bond donors (Lipinski definition) is 1. The highest BCUT2D eigenvalue weighted by atomic mass is 32.1. The van der Waals surface area contributed by atoms with Crippen molar-refractivity contribution >= 4 is 22.4 Å². The Morgan fingerprint density at radius 3 is 2.54 bits per heavy atom. The maximum absolute atomic E-state index is 13.0. The maximum Gasteiger partial charge on any atom is 0.233 e. The molecule has 0 unspecified atom stereocenters. The summed E-state index contributed by atoms with van der Waals surface area (Å²) in [4.78, 5) is 17.0. The number of rotatable bonds is 5. The topological polar surface area (TPSA) is 42.0 Å². The van der Waals surface area contributed by atoms with Crippen molar-refractivity contribution in [3.05, 3.63) is 71.4 Å². The second-order valence-corrected chi connectivity index (χ2v) is 6.26. The van der Waals surface area contributed by atoms with Crippen LogP contribution >= 0.6 is 11.3 Å². The van der Waals surface area contributed by atoms with Gasteiger partial charge in [0, 0.05) is 10.9 Å². The molecule has 3 rings (SSSR count). The molecule has 0 bridgehead atoms. The van der Waals surface area contributed by atoms with E-state index in [2.05, 4.69) is 10.3 Å². The summed E-state index contributed by atoms with van der Waals surface area (Å²) >= 11 is 1.36. The molecule has 0 fully saturated rings. The number of benzene rings is 2. The summed E-state index contributed by atoms with van der Waals surface area (Å²) in [6.07, 6.45) is 0.714. The lowest BCUT2D eigenvalue weighted by Crippen LogP contribution is -2.20. The number of hydrogen-bond acceptors (Lipinski definition) is 3. The van der Waals surface area contributed by atoms with E-state index < -0.39 is 0 Å². The highest BCUT2D eigenvalue weighted by Crippen LogP contribution is 2.27. The standard InChI is InChI=1S/C19H17FN2OS/c1-2-16(13-6-4-3-5-7-13)18(23)22-19-21-17(12-24-19)14-8-10-15(20)11-9-14/h3-12,16H,2H2,1H3,(H,21,22,23)/t16-/m1/s1. The van der Waals surface area contributed by atoms with E-state index in [4.69, 9.17) is 0 Å². The molecule has 3 nitrogen and oxygen atoms in total. The van der Waals surface area contributed by atoms with Gasteiger partial charge in [0.1, 0.15) is 5.82 Å². The zero-order valence-electron chi connectivity index (χ0n) is 13.2. The zero-order valence-corrected chi connectivity index (χ0v) is 14.0. The van der Waals surface area contributed by atoms with Crippen molar-refractivity contribution in [2.45, 2.75) is 19.3 Å². The van der Waals surface area contributed by atoms with Crippen molar-refractivity contribution in [3.63, 3.8) is 0 Å². The SMILES string of the molecule is CC[C@@H](C(=O)Nc1nc(-c2ccc(F)cc2)cs1)c1ccccc1. The van der Waals surface area contributed by atoms with Crippen LogP contribution in [0.4, 0.5) is 9.52 Å². The fourth-order valence-electron chi connectivity index (χ4n) is 2.53. The zero-order chi connectivity index (χ0) is 16.9. The fourth-order valence-corrected chi connectivity index (χ4v) is 3.26. The van der Waals surface area contributed by atoms with Crippen LogP contribution in [0.3, 0.4) is 0 Å². The highest BCUT2D eigenvalue weighted by molar-refractivity contribution is 7.14. The van der Waals surface area contributed by atoms with Crippen molar-refractivity contribution in [2.75, 3.05) is 5.32 Å². The lowest BCUT2D eigenvalue weighted by Gasteiger charge is -2.14. The maximum atomic E-state index is 13.0. The molecule has 1 amide bonds. The summed E-state index contributed by atoms with van der Waals surface area (Å²) in [7, 11) is 0. The van der Waals surface area contributed by atoms with Gasteiger partial charge in [0.15, 0.2) is 5.13 Å². The molecular weight excluding hydrogens is 323 g/mol. The monoisotopic (exact) mass is 340 g/mol. The molecule has 0 radical (unpaired) electrons. The number of halogens is 1. The number of carbonyl (C=O) groups excluding carboxylic acids is 1. The molecule has 2 aromatic carbocycles. The van der Waals surface area contributed by atoms with Gasteiger partial charge in [0.25, 0.3) is 0 Å². The Kier molecular flexibility index (Phi) is 5.01. The molecule has 1 atom stereocenters. The summed E-state index contributed by atoms with van der Waals surface area (Å²) in [5, 5.41) is 5.29. The van der Waals surface area contributed by atoms with E-state index in [9.17, 15) is 9.18 Å². The first-order chi connectivity index (χ1) is 11.7. The van der Waals surface area contributed by atoms with Crippen LogP contribution in [0.1, 0.15) is 24.8 Å². The van der Waals surface area contributed by atoms with E-state index in [0.29, 0.717) is 11.6 Å². The third kappa shape index (κ3) is 3.68. The van der Waals surface area contributed by atoms with Crippen LogP contribution in [0.15, 0.2) is 60.0 Å². The molecule has 5 heteroatoms. The van der Waals surface area contributed by atoms with E-state index in [1.807, 2.05) is 42.6 Å². The number of amides is 1. The molecule has 122 valence electrons. The van der Waals surface area contributed by atoms with Crippen LogP contribution in [0.2, 0.25) is 0 Å². The van der Waals surface area contributed by atoms with Gasteiger partial charge in [-0.15, -0.1) is 11.3 Å². The van der Waals surface area contributed by atoms with Crippen molar-refractivity contribution in [2.24, 2.45) is 0 Å². The number of aromatic nitrogens is 1. The molecule has 1 aromatic heterocycles. The molecule has 0 spiro atoms. The van der Waals surface area contributed by atoms with Gasteiger partial charge in [-0.3, -0.25) is 4.79 Å². The molecule has 0 saturated carbocycles. The Bertz CT molecular complexity index is 815. The third-order valence-electron chi connectivity index (χ3n) is 3.80. The van der Waals surface area contributed by atoms with Gasteiger partial charge in [-0.05, 0) is 36.2 Å². The van der Waals surface area contributed by atoms with Crippen molar-refractivity contribution < 1.29 is 9.18 Å². The predicted molar refractivity (Wildman–Crippen MR) is 95.6 cm³/mol. The van der Waals surface area contributed by atoms with Crippen molar-refractivity contribution in [1.82, 2.24) is 4.98 Å². The minimum atomic E-state index is -0.281. The number of nitrogens with one attached hydrogen (secondary N) is 1. The first-order valence-corrected chi connectivity index (χ1v) is 8.62. The van der Waals surface area contributed by atoms with Crippen LogP contribution in [-0.4, -0.2) is 10.9 Å². The summed E-state index contributed by atoms with van der Waals surface area (Å²) < 4.78 is 13.0. The highest BCUT2D eigenvalue weighted by Gasteiger charge is 2.19. The average molecular weight is 340 g/mol. The van der Waals surface area contributed by atoms with Crippen LogP contribution in [0.25, 0.3) is 11.3 Å². The molecule has 0 aliphatic carbocycles. The molecule has 3 aromatic rings. The Balaban J connectivity index is 1.74. The number of thiazole rings is 1. The summed E-state index contributed by atoms with van der Waals surface area (Å²) in [5.74, 6) is -0.552. The second kappa shape index (κ2) is 7.36. The van der Waals surface area contributed by atoms with Crippen LogP contribution in [0, 0.1) is 5.82 Å². The van der Waals surface area contributed by atoms with Gasteiger partial charge >= 0.3 is 0 Å². The Hall–Kier alpha value is -2.53. The van der Waals surface area contributed by atoms with Gasteiger partial charge in [0.05, 0.1) is 11.6 Å². The Labute approximate surface area is 144 Å². The first-order valence-electron chi connectivity index (χ1n) is 7.74. The molecule has 0 saturated heterocycles. The van der Waals surface area contributed by atoms with Gasteiger partial charge in [-0.1, -0.05) is 37.3 Å². The quantitative estimate of drug-likeness (QED) is 0.703. The van der Waals surface area contributed by atoms with Gasteiger partial charge < -0.3 is 5.32 Å². The largest absolute Gasteiger partial charge is 0.301 e. The van der Waals surface area contributed by atoms with E-state index in [1.165, 1.54) is 23.5 Å². The predicted octanol–water partition coefficient (Wildman–Crippen LogP) is 5.08. The van der Waals surface area contributed by atoms with E-state index in [-0.39, 0.29) is 17.6 Å². The van der Waals surface area contributed by atoms with Gasteiger partial charge in [-0.2, -0.15) is 0 Å². The molecule has 1 N–H and O–H groups in total. The summed E-state index contributed by atoms with van der Waals surface area (Å²) in [6.45, 7) is 1.99. The normalized spacial score (nSPS) is 11.9. The number of nitrogens with zero attached hydrogens (tertiary/aromatic N) is 1. The number of carbonyl (C=O) groups is 1. The molecule has 1 heterocycles. The molecule has 0 aliphatic heterocycles. The first kappa shape index (κ1) is 16.3. The molecule has 24 heavy (non-hydrogen) atoms.